The number of carboxylic acid groups (broad SMARTS) is 3. The molecule has 0 spiro atoms. The van der Waals surface area contributed by atoms with Gasteiger partial charge in [0.2, 0.25) is 5.91 Å². The number of amides is 1. The standard InChI is InChI=1S/C45H58N4O9/c50-42(26-31-5-1-4-30(20-31)23-39(43(51)52)34-10-13-46-27-34)49(16-18-57-37-8-2-6-32(21-37)24-40(44(53)54)35-11-14-47-28-35)17-19-58-38-9-3-7-33(22-38)25-41(45(55)56)36-12-15-48-29-36/h1-9,20-22,34-36,39-41,46-48H,10-19,23-29H2,(H,51,52)(H,53,54)(H,55,56)/i23D2,24D2,25D2. The van der Waals surface area contributed by atoms with Crippen LogP contribution in [0.5, 0.6) is 11.5 Å². The number of benzene rings is 3. The van der Waals surface area contributed by atoms with Gasteiger partial charge < -0.3 is 45.6 Å². The summed E-state index contributed by atoms with van der Waals surface area (Å²) in [4.78, 5) is 52.6. The van der Waals surface area contributed by atoms with Crippen LogP contribution in [0, 0.1) is 35.5 Å². The lowest BCUT2D eigenvalue weighted by molar-refractivity contribution is -0.144. The predicted octanol–water partition coefficient (Wildman–Crippen LogP) is 3.77. The molecule has 6 atom stereocenters. The number of nitrogens with zero attached hydrogens (tertiary/aromatic N) is 1. The van der Waals surface area contributed by atoms with Gasteiger partial charge in [-0.2, -0.15) is 0 Å². The fourth-order valence-corrected chi connectivity index (χ4v) is 7.88. The zero-order valence-electron chi connectivity index (χ0n) is 38.5. The van der Waals surface area contributed by atoms with E-state index in [-0.39, 0.29) is 66.8 Å². The highest BCUT2D eigenvalue weighted by Gasteiger charge is 2.33. The highest BCUT2D eigenvalue weighted by molar-refractivity contribution is 5.79. The van der Waals surface area contributed by atoms with Crippen molar-refractivity contribution in [3.05, 3.63) is 95.1 Å². The van der Waals surface area contributed by atoms with Gasteiger partial charge in [-0.05, 0) is 142 Å². The Labute approximate surface area is 348 Å². The summed E-state index contributed by atoms with van der Waals surface area (Å²) in [6.07, 6.45) is -5.28. The van der Waals surface area contributed by atoms with Crippen molar-refractivity contribution in [1.82, 2.24) is 20.9 Å². The number of nitrogens with one attached hydrogen (secondary N) is 3. The van der Waals surface area contributed by atoms with Crippen LogP contribution in [0.4, 0.5) is 0 Å². The minimum absolute atomic E-state index is 0.0133. The van der Waals surface area contributed by atoms with Crippen LogP contribution in [0.2, 0.25) is 0 Å². The highest BCUT2D eigenvalue weighted by Crippen LogP contribution is 2.28. The van der Waals surface area contributed by atoms with Gasteiger partial charge in [0.05, 0.1) is 37.3 Å². The summed E-state index contributed by atoms with van der Waals surface area (Å²) < 4.78 is 65.4. The van der Waals surface area contributed by atoms with E-state index in [4.69, 9.17) is 17.7 Å². The van der Waals surface area contributed by atoms with E-state index in [1.165, 1.54) is 41.3 Å². The first-order valence-electron chi connectivity index (χ1n) is 23.1. The van der Waals surface area contributed by atoms with Gasteiger partial charge >= 0.3 is 17.9 Å². The summed E-state index contributed by atoms with van der Waals surface area (Å²) in [6, 6.07) is 18.6. The van der Waals surface area contributed by atoms with Crippen LogP contribution in [0.3, 0.4) is 0 Å². The van der Waals surface area contributed by atoms with E-state index in [1.807, 2.05) is 0 Å². The van der Waals surface area contributed by atoms with Crippen molar-refractivity contribution in [2.75, 3.05) is 65.6 Å². The fraction of sp³-hybridized carbons (Fsp3) is 0.511. The molecule has 3 aliphatic heterocycles. The maximum atomic E-state index is 14.1. The normalized spacial score (nSPS) is 22.9. The maximum absolute atomic E-state index is 14.1. The molecule has 13 nitrogen and oxygen atoms in total. The summed E-state index contributed by atoms with van der Waals surface area (Å²) in [6.45, 7) is 2.87. The van der Waals surface area contributed by atoms with Crippen molar-refractivity contribution in [3.8, 4) is 11.5 Å². The molecule has 0 radical (unpaired) electrons. The fourth-order valence-electron chi connectivity index (χ4n) is 7.88. The topological polar surface area (TPSA) is 187 Å². The third kappa shape index (κ3) is 12.3. The largest absolute Gasteiger partial charge is 0.492 e. The first-order chi connectivity index (χ1) is 30.4. The van der Waals surface area contributed by atoms with Gasteiger partial charge in [0.25, 0.3) is 0 Å². The zero-order valence-corrected chi connectivity index (χ0v) is 32.5. The number of hydrogen-bond donors (Lipinski definition) is 6. The van der Waals surface area contributed by atoms with Gasteiger partial charge in [0.15, 0.2) is 0 Å². The van der Waals surface area contributed by atoms with E-state index in [9.17, 15) is 34.5 Å². The summed E-state index contributed by atoms with van der Waals surface area (Å²) in [7, 11) is 0. The quantitative estimate of drug-likeness (QED) is 0.0865. The number of ether oxygens (including phenoxy) is 2. The second-order valence-corrected chi connectivity index (χ2v) is 15.1. The first-order valence-corrected chi connectivity index (χ1v) is 20.1. The second-order valence-electron chi connectivity index (χ2n) is 15.1. The monoisotopic (exact) mass is 804 g/mol. The molecule has 6 unspecified atom stereocenters. The molecule has 0 saturated carbocycles. The lowest BCUT2D eigenvalue weighted by Crippen LogP contribution is -2.38. The smallest absolute Gasteiger partial charge is 0.307 e. The third-order valence-corrected chi connectivity index (χ3v) is 11.0. The summed E-state index contributed by atoms with van der Waals surface area (Å²) in [5.41, 5.74) is 0.868. The summed E-state index contributed by atoms with van der Waals surface area (Å²) >= 11 is 0. The average molecular weight is 805 g/mol. The van der Waals surface area contributed by atoms with Crippen molar-refractivity contribution >= 4 is 23.8 Å². The number of aliphatic carboxylic acids is 3. The van der Waals surface area contributed by atoms with Crippen molar-refractivity contribution in [2.24, 2.45) is 35.5 Å². The zero-order chi connectivity index (χ0) is 46.2. The van der Waals surface area contributed by atoms with Crippen LogP contribution in [-0.2, 0) is 44.7 Å². The molecule has 58 heavy (non-hydrogen) atoms. The van der Waals surface area contributed by atoms with Crippen molar-refractivity contribution in [1.29, 1.82) is 0 Å². The predicted molar refractivity (Wildman–Crippen MR) is 218 cm³/mol. The Kier molecular flexibility index (Phi) is 12.8. The molecule has 6 N–H and O–H groups in total. The minimum Gasteiger partial charge on any atom is -0.492 e. The third-order valence-electron chi connectivity index (χ3n) is 11.0. The molecule has 3 aliphatic rings. The van der Waals surface area contributed by atoms with E-state index in [0.717, 1.165) is 0 Å². The van der Waals surface area contributed by atoms with Crippen LogP contribution in [0.25, 0.3) is 0 Å². The Bertz CT molecular complexity index is 2020. The summed E-state index contributed by atoms with van der Waals surface area (Å²) in [5.74, 6) is -8.69. The van der Waals surface area contributed by atoms with Gasteiger partial charge in [-0.15, -0.1) is 0 Å². The molecular formula is C45H58N4O9. The maximum Gasteiger partial charge on any atom is 0.307 e. The van der Waals surface area contributed by atoms with E-state index >= 15 is 0 Å². The van der Waals surface area contributed by atoms with Crippen LogP contribution in [-0.4, -0.2) is 110 Å². The lowest BCUT2D eigenvalue weighted by atomic mass is 9.86. The molecule has 3 saturated heterocycles. The molecule has 3 aromatic carbocycles. The Morgan fingerprint density at radius 1 is 0.603 bits per heavy atom. The molecule has 0 aromatic heterocycles. The van der Waals surface area contributed by atoms with Crippen LogP contribution in [0.1, 0.15) is 49.7 Å². The first kappa shape index (κ1) is 35.0. The Balaban J connectivity index is 1.18. The number of carbonyl (C=O) groups is 4. The van der Waals surface area contributed by atoms with Crippen molar-refractivity contribution in [3.63, 3.8) is 0 Å². The Morgan fingerprint density at radius 3 is 1.36 bits per heavy atom. The van der Waals surface area contributed by atoms with Crippen molar-refractivity contribution in [2.45, 2.75) is 44.8 Å². The molecule has 0 aliphatic carbocycles. The van der Waals surface area contributed by atoms with E-state index in [1.54, 1.807) is 36.4 Å². The van der Waals surface area contributed by atoms with Gasteiger partial charge in [-0.1, -0.05) is 48.5 Å². The van der Waals surface area contributed by atoms with E-state index in [0.29, 0.717) is 64.1 Å². The average Bonchev–Trinajstić information content (AvgIpc) is 4.07. The van der Waals surface area contributed by atoms with Crippen molar-refractivity contribution < 1.29 is 52.2 Å². The molecule has 0 bridgehead atoms. The number of rotatable bonds is 22. The molecule has 3 fully saturated rings. The second kappa shape index (κ2) is 21.1. The minimum atomic E-state index is -2.24. The van der Waals surface area contributed by atoms with Crippen LogP contribution < -0.4 is 25.4 Å². The van der Waals surface area contributed by atoms with Crippen LogP contribution in [0.15, 0.2) is 72.8 Å². The van der Waals surface area contributed by atoms with Gasteiger partial charge in [-0.3, -0.25) is 19.2 Å². The number of hydrogen-bond acceptors (Lipinski definition) is 9. The molecule has 3 heterocycles. The Morgan fingerprint density at radius 2 is 0.983 bits per heavy atom. The number of carbonyl (C=O) groups excluding carboxylic acids is 1. The molecular weight excluding hydrogens is 741 g/mol. The Hall–Kier alpha value is -4.98. The molecule has 312 valence electrons. The number of carboxylic acids is 3. The SMILES string of the molecule is [2H]C([2H])(c1cccc(CC(=O)N(CCOc2cccc(C([2H])([2H])C(C(=O)O)C3CCNC3)c2)CCOc2cccc(C([2H])([2H])C(C(=O)O)C3CCNC3)c2)c1)C(C(=O)O)C1CCNC1. The van der Waals surface area contributed by atoms with Gasteiger partial charge in [0.1, 0.15) is 24.7 Å². The summed E-state index contributed by atoms with van der Waals surface area (Å²) in [5, 5.41) is 39.5. The lowest BCUT2D eigenvalue weighted by Gasteiger charge is -2.24. The molecule has 1 amide bonds. The highest BCUT2D eigenvalue weighted by atomic mass is 16.5. The molecule has 13 heteroatoms. The molecule has 6 rings (SSSR count). The van der Waals surface area contributed by atoms with E-state index in [2.05, 4.69) is 16.0 Å². The van der Waals surface area contributed by atoms with Crippen LogP contribution >= 0.6 is 0 Å². The van der Waals surface area contributed by atoms with Gasteiger partial charge in [0, 0.05) is 8.22 Å². The van der Waals surface area contributed by atoms with E-state index < -0.39 is 72.5 Å². The molecule has 3 aromatic rings. The van der Waals surface area contributed by atoms with Gasteiger partial charge in [-0.25, -0.2) is 0 Å².